The van der Waals surface area contributed by atoms with Gasteiger partial charge in [-0.25, -0.2) is 9.37 Å². The summed E-state index contributed by atoms with van der Waals surface area (Å²) in [4.78, 5) is 17.3. The van der Waals surface area contributed by atoms with Gasteiger partial charge < -0.3 is 4.98 Å². The SMILES string of the molecule is Cc1cc(=O)[nH]c(C2(F)CC2)n1. The predicted molar refractivity (Wildman–Crippen MR) is 41.6 cm³/mol. The highest BCUT2D eigenvalue weighted by molar-refractivity contribution is 5.13. The summed E-state index contributed by atoms with van der Waals surface area (Å²) in [6, 6.07) is 1.36. The van der Waals surface area contributed by atoms with Crippen LogP contribution in [0.2, 0.25) is 0 Å². The fourth-order valence-corrected chi connectivity index (χ4v) is 1.14. The van der Waals surface area contributed by atoms with Crippen molar-refractivity contribution in [1.82, 2.24) is 9.97 Å². The van der Waals surface area contributed by atoms with Crippen molar-refractivity contribution in [2.75, 3.05) is 0 Å². The Kier molecular flexibility index (Phi) is 1.34. The number of hydrogen-bond acceptors (Lipinski definition) is 2. The van der Waals surface area contributed by atoms with Gasteiger partial charge in [0.1, 0.15) is 5.82 Å². The van der Waals surface area contributed by atoms with Gasteiger partial charge in [0.15, 0.2) is 5.67 Å². The number of aromatic amines is 1. The van der Waals surface area contributed by atoms with E-state index in [1.165, 1.54) is 6.07 Å². The number of nitrogens with zero attached hydrogens (tertiary/aromatic N) is 1. The molecule has 1 fully saturated rings. The Bertz CT molecular complexity index is 368. The van der Waals surface area contributed by atoms with Gasteiger partial charge in [0.05, 0.1) is 0 Å². The number of hydrogen-bond donors (Lipinski definition) is 1. The molecule has 0 aliphatic heterocycles. The molecule has 1 N–H and O–H groups in total. The molecule has 0 atom stereocenters. The maximum Gasteiger partial charge on any atom is 0.251 e. The lowest BCUT2D eigenvalue weighted by Gasteiger charge is -2.03. The van der Waals surface area contributed by atoms with E-state index in [0.717, 1.165) is 0 Å². The van der Waals surface area contributed by atoms with Crippen LogP contribution >= 0.6 is 0 Å². The highest BCUT2D eigenvalue weighted by Gasteiger charge is 2.47. The Hall–Kier alpha value is -1.19. The largest absolute Gasteiger partial charge is 0.308 e. The fourth-order valence-electron chi connectivity index (χ4n) is 1.14. The maximum absolute atomic E-state index is 13.4. The van der Waals surface area contributed by atoms with Crippen LogP contribution in [0.1, 0.15) is 24.4 Å². The second-order valence-corrected chi connectivity index (χ2v) is 3.20. The molecule has 12 heavy (non-hydrogen) atoms. The zero-order chi connectivity index (χ0) is 8.77. The molecule has 1 aromatic heterocycles. The minimum absolute atomic E-state index is 0.188. The van der Waals surface area contributed by atoms with Crippen LogP contribution in [0.15, 0.2) is 10.9 Å². The summed E-state index contributed by atoms with van der Waals surface area (Å²) in [6.07, 6.45) is 0.943. The lowest BCUT2D eigenvalue weighted by Crippen LogP contribution is -2.15. The van der Waals surface area contributed by atoms with Crippen LogP contribution < -0.4 is 5.56 Å². The van der Waals surface area contributed by atoms with E-state index in [1.807, 2.05) is 0 Å². The molecule has 0 saturated heterocycles. The van der Waals surface area contributed by atoms with E-state index < -0.39 is 5.67 Å². The highest BCUT2D eigenvalue weighted by Crippen LogP contribution is 2.47. The van der Waals surface area contributed by atoms with Gasteiger partial charge in [0.25, 0.3) is 5.56 Å². The zero-order valence-corrected chi connectivity index (χ0v) is 6.72. The summed E-state index contributed by atoms with van der Waals surface area (Å²) < 4.78 is 13.4. The van der Waals surface area contributed by atoms with E-state index in [-0.39, 0.29) is 11.4 Å². The molecular formula is C8H9FN2O. The lowest BCUT2D eigenvalue weighted by molar-refractivity contribution is 0.299. The number of rotatable bonds is 1. The van der Waals surface area contributed by atoms with Crippen LogP contribution in [0.5, 0.6) is 0 Å². The molecule has 4 heteroatoms. The van der Waals surface area contributed by atoms with Gasteiger partial charge >= 0.3 is 0 Å². The van der Waals surface area contributed by atoms with Gasteiger partial charge in [-0.3, -0.25) is 4.79 Å². The van der Waals surface area contributed by atoms with Gasteiger partial charge in [0.2, 0.25) is 0 Å². The Labute approximate surface area is 68.7 Å². The average molecular weight is 168 g/mol. The maximum atomic E-state index is 13.4. The van der Waals surface area contributed by atoms with Crippen molar-refractivity contribution < 1.29 is 4.39 Å². The molecule has 1 aliphatic rings. The first-order valence-electron chi connectivity index (χ1n) is 3.87. The average Bonchev–Trinajstić information content (AvgIpc) is 2.67. The molecule has 0 aromatic carbocycles. The third-order valence-electron chi connectivity index (χ3n) is 1.98. The second-order valence-electron chi connectivity index (χ2n) is 3.20. The van der Waals surface area contributed by atoms with Crippen molar-refractivity contribution >= 4 is 0 Å². The molecule has 0 bridgehead atoms. The Morgan fingerprint density at radius 2 is 2.33 bits per heavy atom. The molecule has 3 nitrogen and oxygen atoms in total. The quantitative estimate of drug-likeness (QED) is 0.680. The van der Waals surface area contributed by atoms with Crippen molar-refractivity contribution in [3.05, 3.63) is 27.9 Å². The van der Waals surface area contributed by atoms with Crippen molar-refractivity contribution in [3.63, 3.8) is 0 Å². The monoisotopic (exact) mass is 168 g/mol. The van der Waals surface area contributed by atoms with Gasteiger partial charge in [-0.1, -0.05) is 0 Å². The third-order valence-corrected chi connectivity index (χ3v) is 1.98. The van der Waals surface area contributed by atoms with Crippen LogP contribution in [-0.2, 0) is 5.67 Å². The summed E-state index contributed by atoms with van der Waals surface area (Å²) in [7, 11) is 0. The summed E-state index contributed by atoms with van der Waals surface area (Å²) in [5.41, 5.74) is -1.05. The van der Waals surface area contributed by atoms with Gasteiger partial charge in [-0.15, -0.1) is 0 Å². The first-order chi connectivity index (χ1) is 5.60. The Morgan fingerprint density at radius 1 is 1.67 bits per heavy atom. The first kappa shape index (κ1) is 7.46. The minimum atomic E-state index is -1.34. The van der Waals surface area contributed by atoms with Gasteiger partial charge in [-0.05, 0) is 19.8 Å². The molecule has 1 aromatic rings. The minimum Gasteiger partial charge on any atom is -0.308 e. The Morgan fingerprint density at radius 3 is 2.83 bits per heavy atom. The fraction of sp³-hybridized carbons (Fsp3) is 0.500. The molecule has 1 saturated carbocycles. The van der Waals surface area contributed by atoms with Crippen molar-refractivity contribution in [1.29, 1.82) is 0 Å². The van der Waals surface area contributed by atoms with Gasteiger partial charge in [-0.2, -0.15) is 0 Å². The van der Waals surface area contributed by atoms with Crippen LogP contribution in [0.4, 0.5) is 4.39 Å². The molecule has 0 amide bonds. The number of alkyl halides is 1. The van der Waals surface area contributed by atoms with E-state index >= 15 is 0 Å². The van der Waals surface area contributed by atoms with Crippen molar-refractivity contribution in [3.8, 4) is 0 Å². The smallest absolute Gasteiger partial charge is 0.251 e. The van der Waals surface area contributed by atoms with Crippen LogP contribution in [-0.4, -0.2) is 9.97 Å². The molecule has 1 heterocycles. The standard InChI is InChI=1S/C8H9FN2O/c1-5-4-6(12)11-7(10-5)8(9)2-3-8/h4H,2-3H2,1H3,(H,10,11,12). The highest BCUT2D eigenvalue weighted by atomic mass is 19.1. The molecule has 0 radical (unpaired) electrons. The normalized spacial score (nSPS) is 19.2. The van der Waals surface area contributed by atoms with E-state index in [9.17, 15) is 9.18 Å². The summed E-state index contributed by atoms with van der Waals surface area (Å²) in [6.45, 7) is 1.68. The molecule has 0 unspecified atom stereocenters. The topological polar surface area (TPSA) is 45.8 Å². The molecule has 0 spiro atoms. The van der Waals surface area contributed by atoms with Gasteiger partial charge in [0, 0.05) is 11.8 Å². The molecule has 1 aliphatic carbocycles. The third kappa shape index (κ3) is 1.13. The first-order valence-corrected chi connectivity index (χ1v) is 3.87. The number of halogens is 1. The van der Waals surface area contributed by atoms with Crippen LogP contribution in [0, 0.1) is 6.92 Å². The number of aryl methyl sites for hydroxylation is 1. The summed E-state index contributed by atoms with van der Waals surface area (Å²) >= 11 is 0. The number of aromatic nitrogens is 2. The van der Waals surface area contributed by atoms with E-state index in [0.29, 0.717) is 18.5 Å². The van der Waals surface area contributed by atoms with Crippen LogP contribution in [0.3, 0.4) is 0 Å². The predicted octanol–water partition coefficient (Wildman–Crippen LogP) is 1.04. The number of nitrogens with one attached hydrogen (secondary N) is 1. The molecular weight excluding hydrogens is 159 g/mol. The van der Waals surface area contributed by atoms with Crippen LogP contribution in [0.25, 0.3) is 0 Å². The summed E-state index contributed by atoms with van der Waals surface area (Å²) in [5.74, 6) is 0.188. The Balaban J connectivity index is 2.51. The summed E-state index contributed by atoms with van der Waals surface area (Å²) in [5, 5.41) is 0. The van der Waals surface area contributed by atoms with E-state index in [1.54, 1.807) is 6.92 Å². The number of H-pyrrole nitrogens is 1. The molecule has 2 rings (SSSR count). The zero-order valence-electron chi connectivity index (χ0n) is 6.72. The van der Waals surface area contributed by atoms with E-state index in [2.05, 4.69) is 9.97 Å². The molecule has 64 valence electrons. The lowest BCUT2D eigenvalue weighted by atomic mass is 10.3. The second kappa shape index (κ2) is 2.15. The van der Waals surface area contributed by atoms with E-state index in [4.69, 9.17) is 0 Å². The van der Waals surface area contributed by atoms with Crippen molar-refractivity contribution in [2.45, 2.75) is 25.4 Å². The van der Waals surface area contributed by atoms with Crippen molar-refractivity contribution in [2.24, 2.45) is 0 Å².